The maximum atomic E-state index is 12.1. The third kappa shape index (κ3) is 3.39. The van der Waals surface area contributed by atoms with Gasteiger partial charge >= 0.3 is 0 Å². The van der Waals surface area contributed by atoms with Gasteiger partial charge in [0, 0.05) is 21.2 Å². The summed E-state index contributed by atoms with van der Waals surface area (Å²) in [4.78, 5) is 16.2. The first-order valence-corrected chi connectivity index (χ1v) is 9.26. The number of nitrogens with zero attached hydrogens (tertiary/aromatic N) is 3. The molecular formula is C19H16Cl2N4O3. The highest BCUT2D eigenvalue weighted by atomic mass is 35.5. The molecule has 1 N–H and O–H groups in total. The number of carbonyl (C=O) groups excluding carboxylic acids is 1. The summed E-state index contributed by atoms with van der Waals surface area (Å²) in [6.07, 6.45) is 1.60. The lowest BCUT2D eigenvalue weighted by atomic mass is 10.0. The Morgan fingerprint density at radius 1 is 1.21 bits per heavy atom. The Hall–Kier alpha value is -2.77. The van der Waals surface area contributed by atoms with Gasteiger partial charge in [-0.2, -0.15) is 10.1 Å². The molecule has 7 nitrogen and oxygen atoms in total. The number of halogens is 2. The minimum atomic E-state index is -0.377. The molecule has 2 heterocycles. The fourth-order valence-electron chi connectivity index (χ4n) is 3.17. The monoisotopic (exact) mass is 418 g/mol. The average Bonchev–Trinajstić information content (AvgIpc) is 3.15. The van der Waals surface area contributed by atoms with Gasteiger partial charge in [0.1, 0.15) is 12.9 Å². The zero-order valence-electron chi connectivity index (χ0n) is 14.9. The van der Waals surface area contributed by atoms with Crippen LogP contribution < -0.4 is 14.8 Å². The standard InChI is InChI=1S/C19H16Cl2N4O3/c1-27-16-7-2-4-11(15-8-17(26)24-19-22-10-23-25(15)19)18(16)28-9-12-13(20)5-3-6-14(12)21/h2-7,10,15H,8-9H2,1H3,(H,22,23,24,26)/t15-/m0/s1. The second kappa shape index (κ2) is 7.69. The first-order valence-electron chi connectivity index (χ1n) is 8.50. The molecule has 0 fully saturated rings. The number of hydrogen-bond acceptors (Lipinski definition) is 5. The van der Waals surface area contributed by atoms with Crippen LogP contribution in [0, 0.1) is 0 Å². The van der Waals surface area contributed by atoms with Gasteiger partial charge in [0.05, 0.1) is 19.6 Å². The van der Waals surface area contributed by atoms with Crippen LogP contribution in [0.3, 0.4) is 0 Å². The van der Waals surface area contributed by atoms with Crippen molar-refractivity contribution in [1.29, 1.82) is 0 Å². The molecule has 4 rings (SSSR count). The number of para-hydroxylation sites is 1. The molecule has 0 saturated heterocycles. The molecular weight excluding hydrogens is 403 g/mol. The van der Waals surface area contributed by atoms with Crippen LogP contribution in [0.25, 0.3) is 0 Å². The Labute approximate surface area is 171 Å². The molecule has 1 aliphatic rings. The van der Waals surface area contributed by atoms with Crippen molar-refractivity contribution < 1.29 is 14.3 Å². The summed E-state index contributed by atoms with van der Waals surface area (Å²) in [5.74, 6) is 1.29. The van der Waals surface area contributed by atoms with Crippen molar-refractivity contribution in [3.05, 3.63) is 63.9 Å². The van der Waals surface area contributed by atoms with Crippen molar-refractivity contribution in [3.8, 4) is 11.5 Å². The van der Waals surface area contributed by atoms with E-state index in [9.17, 15) is 4.79 Å². The SMILES string of the molecule is COc1cccc([C@@H]2CC(=O)Nc3ncnn32)c1OCc1c(Cl)cccc1Cl. The van der Waals surface area contributed by atoms with Crippen molar-refractivity contribution in [2.45, 2.75) is 19.1 Å². The van der Waals surface area contributed by atoms with E-state index in [-0.39, 0.29) is 25.0 Å². The number of aromatic nitrogens is 3. The average molecular weight is 419 g/mol. The molecule has 1 amide bonds. The number of benzene rings is 2. The van der Waals surface area contributed by atoms with Crippen LogP contribution in [0.15, 0.2) is 42.7 Å². The van der Waals surface area contributed by atoms with Crippen LogP contribution in [0.4, 0.5) is 5.95 Å². The minimum Gasteiger partial charge on any atom is -0.493 e. The van der Waals surface area contributed by atoms with Crippen molar-refractivity contribution >= 4 is 35.1 Å². The Kier molecular flexibility index (Phi) is 5.11. The lowest BCUT2D eigenvalue weighted by Crippen LogP contribution is -2.29. The molecule has 0 radical (unpaired) electrons. The fraction of sp³-hybridized carbons (Fsp3) is 0.211. The number of methoxy groups -OCH3 is 1. The quantitative estimate of drug-likeness (QED) is 0.674. The number of ether oxygens (including phenoxy) is 2. The molecule has 0 bridgehead atoms. The predicted octanol–water partition coefficient (Wildman–Crippen LogP) is 4.10. The highest BCUT2D eigenvalue weighted by Gasteiger charge is 2.31. The zero-order valence-corrected chi connectivity index (χ0v) is 16.4. The van der Waals surface area contributed by atoms with Crippen molar-refractivity contribution in [3.63, 3.8) is 0 Å². The number of fused-ring (bicyclic) bond motifs is 1. The lowest BCUT2D eigenvalue weighted by molar-refractivity contribution is -0.117. The molecule has 0 unspecified atom stereocenters. The van der Waals surface area contributed by atoms with Crippen LogP contribution >= 0.6 is 23.2 Å². The van der Waals surface area contributed by atoms with E-state index in [0.717, 1.165) is 5.56 Å². The number of rotatable bonds is 5. The number of anilines is 1. The summed E-state index contributed by atoms with van der Waals surface area (Å²) in [5, 5.41) is 7.98. The van der Waals surface area contributed by atoms with Crippen LogP contribution in [-0.4, -0.2) is 27.8 Å². The number of hydrogen-bond donors (Lipinski definition) is 1. The third-order valence-electron chi connectivity index (χ3n) is 4.51. The van der Waals surface area contributed by atoms with Gasteiger partial charge in [-0.1, -0.05) is 41.4 Å². The highest BCUT2D eigenvalue weighted by molar-refractivity contribution is 6.35. The van der Waals surface area contributed by atoms with E-state index in [4.69, 9.17) is 32.7 Å². The summed E-state index contributed by atoms with van der Waals surface area (Å²) >= 11 is 12.5. The molecule has 0 aliphatic carbocycles. The summed E-state index contributed by atoms with van der Waals surface area (Å²) in [6, 6.07) is 10.4. The number of nitrogens with one attached hydrogen (secondary N) is 1. The van der Waals surface area contributed by atoms with E-state index in [2.05, 4.69) is 15.4 Å². The van der Waals surface area contributed by atoms with Crippen LogP contribution in [0.1, 0.15) is 23.6 Å². The summed E-state index contributed by atoms with van der Waals surface area (Å²) in [7, 11) is 1.56. The van der Waals surface area contributed by atoms with E-state index in [1.807, 2.05) is 12.1 Å². The fourth-order valence-corrected chi connectivity index (χ4v) is 3.68. The van der Waals surface area contributed by atoms with Gasteiger partial charge in [0.15, 0.2) is 11.5 Å². The smallest absolute Gasteiger partial charge is 0.229 e. The molecule has 1 aliphatic heterocycles. The molecule has 0 saturated carbocycles. The first kappa shape index (κ1) is 18.6. The second-order valence-electron chi connectivity index (χ2n) is 6.16. The Bertz CT molecular complexity index is 1020. The molecule has 0 spiro atoms. The minimum absolute atomic E-state index is 0.145. The molecule has 3 aromatic rings. The summed E-state index contributed by atoms with van der Waals surface area (Å²) in [6.45, 7) is 0.148. The van der Waals surface area contributed by atoms with E-state index in [1.54, 1.807) is 36.1 Å². The molecule has 9 heteroatoms. The Morgan fingerprint density at radius 2 is 1.96 bits per heavy atom. The molecule has 2 aromatic carbocycles. The van der Waals surface area contributed by atoms with Crippen LogP contribution in [0.5, 0.6) is 11.5 Å². The van der Waals surface area contributed by atoms with Crippen molar-refractivity contribution in [2.24, 2.45) is 0 Å². The van der Waals surface area contributed by atoms with Crippen LogP contribution in [-0.2, 0) is 11.4 Å². The topological polar surface area (TPSA) is 78.3 Å². The summed E-state index contributed by atoms with van der Waals surface area (Å²) in [5.41, 5.74) is 1.43. The zero-order chi connectivity index (χ0) is 19.7. The number of carbonyl (C=O) groups is 1. The molecule has 1 atom stereocenters. The van der Waals surface area contributed by atoms with Crippen LogP contribution in [0.2, 0.25) is 10.0 Å². The molecule has 28 heavy (non-hydrogen) atoms. The third-order valence-corrected chi connectivity index (χ3v) is 5.22. The van der Waals surface area contributed by atoms with Gasteiger partial charge in [-0.3, -0.25) is 10.1 Å². The number of amides is 1. The normalized spacial score (nSPS) is 15.7. The maximum Gasteiger partial charge on any atom is 0.229 e. The molecule has 1 aromatic heterocycles. The lowest BCUT2D eigenvalue weighted by Gasteiger charge is -2.26. The van der Waals surface area contributed by atoms with Gasteiger partial charge in [-0.25, -0.2) is 4.68 Å². The molecule has 144 valence electrons. The van der Waals surface area contributed by atoms with Gasteiger partial charge in [-0.05, 0) is 18.2 Å². The Balaban J connectivity index is 1.73. The van der Waals surface area contributed by atoms with Crippen molar-refractivity contribution in [2.75, 3.05) is 12.4 Å². The van der Waals surface area contributed by atoms with E-state index in [0.29, 0.717) is 33.1 Å². The van der Waals surface area contributed by atoms with Gasteiger partial charge in [0.25, 0.3) is 0 Å². The predicted molar refractivity (Wildman–Crippen MR) is 105 cm³/mol. The maximum absolute atomic E-state index is 12.1. The first-order chi connectivity index (χ1) is 13.6. The van der Waals surface area contributed by atoms with E-state index < -0.39 is 0 Å². The van der Waals surface area contributed by atoms with E-state index >= 15 is 0 Å². The van der Waals surface area contributed by atoms with Gasteiger partial charge in [0.2, 0.25) is 11.9 Å². The van der Waals surface area contributed by atoms with E-state index in [1.165, 1.54) is 6.33 Å². The second-order valence-corrected chi connectivity index (χ2v) is 6.98. The largest absolute Gasteiger partial charge is 0.493 e. The van der Waals surface area contributed by atoms with Gasteiger partial charge < -0.3 is 9.47 Å². The highest BCUT2D eigenvalue weighted by Crippen LogP contribution is 2.40. The van der Waals surface area contributed by atoms with Crippen molar-refractivity contribution in [1.82, 2.24) is 14.8 Å². The Morgan fingerprint density at radius 3 is 2.71 bits per heavy atom. The summed E-state index contributed by atoms with van der Waals surface area (Å²) < 4.78 is 13.2. The van der Waals surface area contributed by atoms with Gasteiger partial charge in [-0.15, -0.1) is 0 Å².